The third-order valence-corrected chi connectivity index (χ3v) is 3.90. The normalized spacial score (nSPS) is 18.3. The summed E-state index contributed by atoms with van der Waals surface area (Å²) in [6.07, 6.45) is 3.67. The summed E-state index contributed by atoms with van der Waals surface area (Å²) in [6.45, 7) is 4.16. The quantitative estimate of drug-likeness (QED) is 0.865. The van der Waals surface area contributed by atoms with Crippen molar-refractivity contribution in [2.24, 2.45) is 0 Å². The fraction of sp³-hybridized carbons (Fsp3) is 0.636. The van der Waals surface area contributed by atoms with Gasteiger partial charge in [-0.05, 0) is 13.3 Å². The second-order valence-corrected chi connectivity index (χ2v) is 5.39. The van der Waals surface area contributed by atoms with E-state index in [9.17, 15) is 0 Å². The van der Waals surface area contributed by atoms with E-state index >= 15 is 0 Å². The molecule has 3 heterocycles. The standard InChI is InChI=1S/C11H16N6OS/c1-2-18-11-16-15-10(19-11)5-12-8-3-4-9-13-7-14-17(9)6-8/h7-8,12H,2-6H2,1H3/t8-/m1/s1. The van der Waals surface area contributed by atoms with Gasteiger partial charge >= 0.3 is 0 Å². The van der Waals surface area contributed by atoms with Gasteiger partial charge in [0.25, 0.3) is 5.19 Å². The zero-order chi connectivity index (χ0) is 13.1. The summed E-state index contributed by atoms with van der Waals surface area (Å²) < 4.78 is 7.27. The van der Waals surface area contributed by atoms with Crippen LogP contribution in [-0.4, -0.2) is 37.6 Å². The molecule has 1 atom stereocenters. The van der Waals surface area contributed by atoms with Crippen molar-refractivity contribution in [1.29, 1.82) is 0 Å². The molecule has 3 rings (SSSR count). The highest BCUT2D eigenvalue weighted by Crippen LogP contribution is 2.18. The van der Waals surface area contributed by atoms with Crippen LogP contribution in [0.25, 0.3) is 0 Å². The topological polar surface area (TPSA) is 77.8 Å². The number of aryl methyl sites for hydroxylation is 1. The first kappa shape index (κ1) is 12.5. The number of hydrogen-bond donors (Lipinski definition) is 1. The maximum Gasteiger partial charge on any atom is 0.294 e. The van der Waals surface area contributed by atoms with Crippen LogP contribution in [0.5, 0.6) is 5.19 Å². The minimum Gasteiger partial charge on any atom is -0.469 e. The van der Waals surface area contributed by atoms with Crippen LogP contribution < -0.4 is 10.1 Å². The Hall–Kier alpha value is -1.54. The Kier molecular flexibility index (Phi) is 3.69. The van der Waals surface area contributed by atoms with Crippen molar-refractivity contribution in [2.45, 2.75) is 38.9 Å². The average Bonchev–Trinajstić information content (AvgIpc) is 3.04. The minimum atomic E-state index is 0.411. The van der Waals surface area contributed by atoms with Crippen LogP contribution in [0.15, 0.2) is 6.33 Å². The molecular weight excluding hydrogens is 264 g/mol. The van der Waals surface area contributed by atoms with E-state index in [1.165, 1.54) is 11.3 Å². The van der Waals surface area contributed by atoms with E-state index in [4.69, 9.17) is 4.74 Å². The lowest BCUT2D eigenvalue weighted by Gasteiger charge is -2.23. The van der Waals surface area contributed by atoms with Crippen LogP contribution in [0.1, 0.15) is 24.2 Å². The first-order valence-corrected chi connectivity index (χ1v) is 7.22. The molecule has 7 nitrogen and oxygen atoms in total. The molecule has 0 saturated heterocycles. The lowest BCUT2D eigenvalue weighted by Crippen LogP contribution is -2.37. The van der Waals surface area contributed by atoms with E-state index in [2.05, 4.69) is 25.6 Å². The van der Waals surface area contributed by atoms with Crippen LogP contribution >= 0.6 is 11.3 Å². The minimum absolute atomic E-state index is 0.411. The summed E-state index contributed by atoms with van der Waals surface area (Å²) in [6, 6.07) is 0.411. The first-order chi connectivity index (χ1) is 9.35. The molecule has 2 aromatic heterocycles. The highest BCUT2D eigenvalue weighted by Gasteiger charge is 2.19. The Balaban J connectivity index is 1.52. The molecule has 0 saturated carbocycles. The molecule has 0 spiro atoms. The molecule has 1 aliphatic heterocycles. The number of nitrogens with one attached hydrogen (secondary N) is 1. The van der Waals surface area contributed by atoms with Crippen molar-refractivity contribution in [2.75, 3.05) is 6.61 Å². The van der Waals surface area contributed by atoms with E-state index in [1.54, 1.807) is 6.33 Å². The van der Waals surface area contributed by atoms with Gasteiger partial charge in [-0.25, -0.2) is 9.67 Å². The molecule has 0 unspecified atom stereocenters. The lowest BCUT2D eigenvalue weighted by molar-refractivity contribution is 0.335. The van der Waals surface area contributed by atoms with E-state index in [1.807, 2.05) is 11.6 Å². The largest absolute Gasteiger partial charge is 0.469 e. The zero-order valence-corrected chi connectivity index (χ0v) is 11.6. The molecule has 0 aliphatic carbocycles. The predicted octanol–water partition coefficient (Wildman–Crippen LogP) is 0.633. The molecule has 1 N–H and O–H groups in total. The third-order valence-electron chi connectivity index (χ3n) is 3.06. The van der Waals surface area contributed by atoms with Gasteiger partial charge in [0, 0.05) is 12.5 Å². The number of aromatic nitrogens is 5. The molecule has 0 amide bonds. The Labute approximate surface area is 115 Å². The summed E-state index contributed by atoms with van der Waals surface area (Å²) in [5, 5.41) is 17.4. The molecule has 102 valence electrons. The summed E-state index contributed by atoms with van der Waals surface area (Å²) in [4.78, 5) is 4.22. The van der Waals surface area contributed by atoms with Gasteiger partial charge in [0.05, 0.1) is 19.7 Å². The van der Waals surface area contributed by atoms with E-state index in [-0.39, 0.29) is 0 Å². The van der Waals surface area contributed by atoms with E-state index in [0.29, 0.717) is 17.8 Å². The van der Waals surface area contributed by atoms with E-state index < -0.39 is 0 Å². The number of nitrogens with zero attached hydrogens (tertiary/aromatic N) is 5. The maximum atomic E-state index is 5.31. The van der Waals surface area contributed by atoms with Crippen molar-refractivity contribution < 1.29 is 4.74 Å². The van der Waals surface area contributed by atoms with Crippen molar-refractivity contribution in [3.8, 4) is 5.19 Å². The second-order valence-electron chi connectivity index (χ2n) is 4.37. The van der Waals surface area contributed by atoms with Crippen molar-refractivity contribution in [1.82, 2.24) is 30.3 Å². The summed E-state index contributed by atoms with van der Waals surface area (Å²) in [7, 11) is 0. The second kappa shape index (κ2) is 5.62. The van der Waals surface area contributed by atoms with Crippen molar-refractivity contribution in [3.05, 3.63) is 17.2 Å². The Morgan fingerprint density at radius 2 is 2.47 bits per heavy atom. The maximum absolute atomic E-state index is 5.31. The van der Waals surface area contributed by atoms with Gasteiger partial charge in [0.1, 0.15) is 17.2 Å². The number of ether oxygens (including phenoxy) is 1. The average molecular weight is 280 g/mol. The van der Waals surface area contributed by atoms with Gasteiger partial charge in [0.2, 0.25) is 0 Å². The van der Waals surface area contributed by atoms with E-state index in [0.717, 1.165) is 36.8 Å². The number of rotatable bonds is 5. The molecule has 0 radical (unpaired) electrons. The lowest BCUT2D eigenvalue weighted by atomic mass is 10.1. The fourth-order valence-electron chi connectivity index (χ4n) is 2.13. The Morgan fingerprint density at radius 3 is 3.37 bits per heavy atom. The number of fused-ring (bicyclic) bond motifs is 1. The molecular formula is C11H16N6OS. The molecule has 1 aliphatic rings. The first-order valence-electron chi connectivity index (χ1n) is 6.40. The van der Waals surface area contributed by atoms with Gasteiger partial charge in [-0.2, -0.15) is 5.10 Å². The van der Waals surface area contributed by atoms with Crippen LogP contribution in [0.4, 0.5) is 0 Å². The summed E-state index contributed by atoms with van der Waals surface area (Å²) in [5.41, 5.74) is 0. The molecule has 19 heavy (non-hydrogen) atoms. The summed E-state index contributed by atoms with van der Waals surface area (Å²) in [5.74, 6) is 1.08. The van der Waals surface area contributed by atoms with Crippen LogP contribution in [0, 0.1) is 0 Å². The molecule has 0 bridgehead atoms. The SMILES string of the molecule is CCOc1nnc(CN[C@@H]2CCc3ncnn3C2)s1. The highest BCUT2D eigenvalue weighted by molar-refractivity contribution is 7.13. The molecule has 0 fully saturated rings. The smallest absolute Gasteiger partial charge is 0.294 e. The van der Waals surface area contributed by atoms with Gasteiger partial charge < -0.3 is 10.1 Å². The molecule has 2 aromatic rings. The zero-order valence-electron chi connectivity index (χ0n) is 10.7. The van der Waals surface area contributed by atoms with Crippen LogP contribution in [-0.2, 0) is 19.5 Å². The molecule has 0 aromatic carbocycles. The van der Waals surface area contributed by atoms with Gasteiger partial charge in [-0.15, -0.1) is 10.2 Å². The van der Waals surface area contributed by atoms with Crippen LogP contribution in [0.2, 0.25) is 0 Å². The monoisotopic (exact) mass is 280 g/mol. The Bertz CT molecular complexity index is 539. The highest BCUT2D eigenvalue weighted by atomic mass is 32.1. The van der Waals surface area contributed by atoms with Gasteiger partial charge in [-0.1, -0.05) is 11.3 Å². The van der Waals surface area contributed by atoms with Gasteiger partial charge in [0.15, 0.2) is 0 Å². The Morgan fingerprint density at radius 1 is 1.53 bits per heavy atom. The fourth-order valence-corrected chi connectivity index (χ4v) is 2.82. The summed E-state index contributed by atoms with van der Waals surface area (Å²) >= 11 is 1.49. The molecule has 8 heteroatoms. The third kappa shape index (κ3) is 2.90. The number of hydrogen-bond acceptors (Lipinski definition) is 7. The van der Waals surface area contributed by atoms with Crippen LogP contribution in [0.3, 0.4) is 0 Å². The van der Waals surface area contributed by atoms with Crippen molar-refractivity contribution >= 4 is 11.3 Å². The van der Waals surface area contributed by atoms with Gasteiger partial charge in [-0.3, -0.25) is 0 Å². The van der Waals surface area contributed by atoms with Crippen molar-refractivity contribution in [3.63, 3.8) is 0 Å². The predicted molar refractivity (Wildman–Crippen MR) is 70.0 cm³/mol.